The van der Waals surface area contributed by atoms with Crippen molar-refractivity contribution < 1.29 is 4.79 Å². The van der Waals surface area contributed by atoms with Crippen LogP contribution in [0.2, 0.25) is 0 Å². The maximum absolute atomic E-state index is 12.2. The Balaban J connectivity index is 2.28. The fourth-order valence-corrected chi connectivity index (χ4v) is 2.44. The van der Waals surface area contributed by atoms with Gasteiger partial charge in [0, 0.05) is 35.8 Å². The Morgan fingerprint density at radius 3 is 2.60 bits per heavy atom. The average Bonchev–Trinajstić information content (AvgIpc) is 2.82. The summed E-state index contributed by atoms with van der Waals surface area (Å²) in [7, 11) is 0. The highest BCUT2D eigenvalue weighted by Gasteiger charge is 2.12. The molecule has 0 aliphatic carbocycles. The molecule has 1 aromatic carbocycles. The predicted octanol–water partition coefficient (Wildman–Crippen LogP) is 2.14. The van der Waals surface area contributed by atoms with Gasteiger partial charge in [0.15, 0.2) is 0 Å². The first-order valence-corrected chi connectivity index (χ1v) is 7.14. The summed E-state index contributed by atoms with van der Waals surface area (Å²) in [5.41, 5.74) is 7.50. The number of nitrogens with two attached hydrogens (primary N) is 1. The number of rotatable bonds is 5. The Kier molecular flexibility index (Phi) is 4.39. The molecule has 0 atom stereocenters. The van der Waals surface area contributed by atoms with E-state index in [1.54, 1.807) is 0 Å². The van der Waals surface area contributed by atoms with E-state index in [0.717, 1.165) is 29.6 Å². The maximum Gasteiger partial charge on any atom is 0.242 e. The average molecular weight is 289 g/mol. The first-order valence-electron chi connectivity index (χ1n) is 6.73. The highest BCUT2D eigenvalue weighted by Crippen LogP contribution is 2.18. The number of benzene rings is 1. The number of aromatic nitrogens is 1. The van der Waals surface area contributed by atoms with Crippen molar-refractivity contribution in [2.45, 2.75) is 20.4 Å². The Bertz CT molecular complexity index is 644. The number of carbonyl (C=O) groups excluding carboxylic acids is 1. The lowest BCUT2D eigenvalue weighted by molar-refractivity contribution is -0.131. The molecule has 0 spiro atoms. The molecule has 0 fully saturated rings. The summed E-state index contributed by atoms with van der Waals surface area (Å²) < 4.78 is 1.96. The van der Waals surface area contributed by atoms with Crippen LogP contribution in [0, 0.1) is 0 Å². The summed E-state index contributed by atoms with van der Waals surface area (Å²) in [6.45, 7) is 5.81. The third kappa shape index (κ3) is 2.82. The van der Waals surface area contributed by atoms with Gasteiger partial charge in [-0.1, -0.05) is 12.2 Å². The molecule has 1 heterocycles. The van der Waals surface area contributed by atoms with E-state index in [4.69, 9.17) is 18.0 Å². The van der Waals surface area contributed by atoms with Gasteiger partial charge >= 0.3 is 0 Å². The van der Waals surface area contributed by atoms with Gasteiger partial charge in [-0.15, -0.1) is 0 Å². The van der Waals surface area contributed by atoms with Gasteiger partial charge in [-0.2, -0.15) is 0 Å². The molecule has 5 heteroatoms. The van der Waals surface area contributed by atoms with Crippen LogP contribution >= 0.6 is 12.2 Å². The molecular weight excluding hydrogens is 270 g/mol. The zero-order chi connectivity index (χ0) is 14.7. The molecule has 4 nitrogen and oxygen atoms in total. The number of fused-ring (bicyclic) bond motifs is 1. The zero-order valence-electron chi connectivity index (χ0n) is 11.8. The van der Waals surface area contributed by atoms with E-state index in [1.807, 2.05) is 53.8 Å². The number of carbonyl (C=O) groups is 1. The van der Waals surface area contributed by atoms with E-state index in [0.29, 0.717) is 11.5 Å². The van der Waals surface area contributed by atoms with E-state index >= 15 is 0 Å². The first-order chi connectivity index (χ1) is 9.56. The number of hydrogen-bond donors (Lipinski definition) is 1. The molecule has 0 aliphatic heterocycles. The van der Waals surface area contributed by atoms with E-state index in [2.05, 4.69) is 0 Å². The Labute approximate surface area is 124 Å². The molecule has 2 aromatic rings. The van der Waals surface area contributed by atoms with Crippen LogP contribution in [0.15, 0.2) is 30.5 Å². The molecule has 0 unspecified atom stereocenters. The molecule has 0 aliphatic rings. The van der Waals surface area contributed by atoms with Crippen LogP contribution in [-0.2, 0) is 11.3 Å². The lowest BCUT2D eigenvalue weighted by Gasteiger charge is -2.19. The summed E-state index contributed by atoms with van der Waals surface area (Å²) in [5, 5.41) is 1.04. The van der Waals surface area contributed by atoms with Crippen molar-refractivity contribution in [1.29, 1.82) is 0 Å². The summed E-state index contributed by atoms with van der Waals surface area (Å²) in [6, 6.07) is 7.78. The predicted molar refractivity (Wildman–Crippen MR) is 85.8 cm³/mol. The van der Waals surface area contributed by atoms with Crippen molar-refractivity contribution in [3.8, 4) is 0 Å². The fraction of sp³-hybridized carbons (Fsp3) is 0.333. The van der Waals surface area contributed by atoms with Crippen LogP contribution in [0.5, 0.6) is 0 Å². The lowest BCUT2D eigenvalue weighted by Crippen LogP contribution is -2.33. The van der Waals surface area contributed by atoms with E-state index in [9.17, 15) is 4.79 Å². The van der Waals surface area contributed by atoms with Crippen LogP contribution in [0.3, 0.4) is 0 Å². The largest absolute Gasteiger partial charge is 0.389 e. The van der Waals surface area contributed by atoms with Gasteiger partial charge in [-0.3, -0.25) is 4.79 Å². The van der Waals surface area contributed by atoms with Gasteiger partial charge < -0.3 is 15.2 Å². The third-order valence-corrected chi connectivity index (χ3v) is 3.71. The summed E-state index contributed by atoms with van der Waals surface area (Å²) >= 11 is 4.98. The minimum Gasteiger partial charge on any atom is -0.389 e. The SMILES string of the molecule is CCN(CC)C(=O)Cn1ccc2cc(C(N)=S)ccc21. The van der Waals surface area contributed by atoms with Crippen LogP contribution in [-0.4, -0.2) is 33.5 Å². The molecule has 0 saturated carbocycles. The van der Waals surface area contributed by atoms with Crippen LogP contribution < -0.4 is 5.73 Å². The van der Waals surface area contributed by atoms with Gasteiger partial charge in [0.05, 0.1) is 0 Å². The van der Waals surface area contributed by atoms with Crippen molar-refractivity contribution in [3.05, 3.63) is 36.0 Å². The van der Waals surface area contributed by atoms with Gasteiger partial charge in [-0.25, -0.2) is 0 Å². The standard InChI is InChI=1S/C15H19N3OS/c1-3-17(4-2)14(19)10-18-8-7-11-9-12(15(16)20)5-6-13(11)18/h5-9H,3-4,10H2,1-2H3,(H2,16,20). The molecule has 2 N–H and O–H groups in total. The van der Waals surface area contributed by atoms with Crippen molar-refractivity contribution in [2.75, 3.05) is 13.1 Å². The minimum atomic E-state index is 0.130. The monoisotopic (exact) mass is 289 g/mol. The number of hydrogen-bond acceptors (Lipinski definition) is 2. The van der Waals surface area contributed by atoms with E-state index in [1.165, 1.54) is 0 Å². The molecule has 2 rings (SSSR count). The van der Waals surface area contributed by atoms with E-state index < -0.39 is 0 Å². The topological polar surface area (TPSA) is 51.3 Å². The van der Waals surface area contributed by atoms with Gasteiger partial charge in [-0.05, 0) is 38.1 Å². The number of thiocarbonyl (C=S) groups is 1. The lowest BCUT2D eigenvalue weighted by atomic mass is 10.1. The molecule has 1 amide bonds. The quantitative estimate of drug-likeness (QED) is 0.858. The second-order valence-electron chi connectivity index (χ2n) is 4.65. The number of likely N-dealkylation sites (N-methyl/N-ethyl adjacent to an activating group) is 1. The number of nitrogens with zero attached hydrogens (tertiary/aromatic N) is 2. The van der Waals surface area contributed by atoms with Crippen LogP contribution in [0.4, 0.5) is 0 Å². The van der Waals surface area contributed by atoms with Gasteiger partial charge in [0.2, 0.25) is 5.91 Å². The summed E-state index contributed by atoms with van der Waals surface area (Å²) in [6.07, 6.45) is 1.93. The zero-order valence-corrected chi connectivity index (χ0v) is 12.6. The molecule has 0 bridgehead atoms. The van der Waals surface area contributed by atoms with Crippen LogP contribution in [0.25, 0.3) is 10.9 Å². The van der Waals surface area contributed by atoms with Crippen molar-refractivity contribution >= 4 is 34.0 Å². The minimum absolute atomic E-state index is 0.130. The Morgan fingerprint density at radius 2 is 2.00 bits per heavy atom. The molecule has 0 radical (unpaired) electrons. The third-order valence-electron chi connectivity index (χ3n) is 3.48. The number of amides is 1. The Morgan fingerprint density at radius 1 is 1.30 bits per heavy atom. The molecule has 1 aromatic heterocycles. The second kappa shape index (κ2) is 6.05. The molecular formula is C15H19N3OS. The van der Waals surface area contributed by atoms with Crippen molar-refractivity contribution in [1.82, 2.24) is 9.47 Å². The smallest absolute Gasteiger partial charge is 0.242 e. The van der Waals surface area contributed by atoms with Gasteiger partial charge in [0.1, 0.15) is 11.5 Å². The first kappa shape index (κ1) is 14.5. The van der Waals surface area contributed by atoms with Gasteiger partial charge in [0.25, 0.3) is 0 Å². The van der Waals surface area contributed by atoms with Crippen molar-refractivity contribution in [3.63, 3.8) is 0 Å². The maximum atomic E-state index is 12.2. The molecule has 0 saturated heterocycles. The van der Waals surface area contributed by atoms with Crippen molar-refractivity contribution in [2.24, 2.45) is 5.73 Å². The highest BCUT2D eigenvalue weighted by atomic mass is 32.1. The fourth-order valence-electron chi connectivity index (χ4n) is 2.31. The summed E-state index contributed by atoms with van der Waals surface area (Å²) in [4.78, 5) is 14.4. The Hall–Kier alpha value is -1.88. The normalized spacial score (nSPS) is 10.7. The second-order valence-corrected chi connectivity index (χ2v) is 5.09. The van der Waals surface area contributed by atoms with Crippen LogP contribution in [0.1, 0.15) is 19.4 Å². The molecule has 106 valence electrons. The summed E-state index contributed by atoms with van der Waals surface area (Å²) in [5.74, 6) is 0.130. The highest BCUT2D eigenvalue weighted by molar-refractivity contribution is 7.80. The molecule has 20 heavy (non-hydrogen) atoms. The van der Waals surface area contributed by atoms with E-state index in [-0.39, 0.29) is 5.91 Å².